The summed E-state index contributed by atoms with van der Waals surface area (Å²) in [5, 5.41) is 12.8. The molecule has 7 heteroatoms. The summed E-state index contributed by atoms with van der Waals surface area (Å²) in [7, 11) is 0. The molecule has 0 unspecified atom stereocenters. The van der Waals surface area contributed by atoms with Crippen LogP contribution in [0, 0.1) is 15.9 Å². The van der Waals surface area contributed by atoms with Crippen LogP contribution in [0.4, 0.5) is 15.8 Å². The average molecular weight is 382 g/mol. The van der Waals surface area contributed by atoms with Crippen molar-refractivity contribution in [2.45, 2.75) is 10.1 Å². The molecule has 0 fully saturated rings. The van der Waals surface area contributed by atoms with Crippen molar-refractivity contribution in [2.75, 3.05) is 5.32 Å². The molecule has 1 atom stereocenters. The van der Waals surface area contributed by atoms with Crippen LogP contribution in [-0.4, -0.2) is 10.8 Å². The van der Waals surface area contributed by atoms with Crippen LogP contribution in [-0.2, 0) is 4.79 Å². The highest BCUT2D eigenvalue weighted by Gasteiger charge is 2.23. The molecule has 0 aliphatic heterocycles. The zero-order valence-corrected chi connectivity index (χ0v) is 14.9. The summed E-state index contributed by atoms with van der Waals surface area (Å²) in [6.07, 6.45) is 0. The van der Waals surface area contributed by atoms with E-state index in [1.165, 1.54) is 11.8 Å². The van der Waals surface area contributed by atoms with E-state index in [-0.39, 0.29) is 11.4 Å². The number of rotatable bonds is 6. The minimum Gasteiger partial charge on any atom is -0.322 e. The van der Waals surface area contributed by atoms with Crippen molar-refractivity contribution < 1.29 is 14.1 Å². The number of anilines is 1. The standard InChI is InChI=1S/C20H15FN2O3S/c21-17-12-11-15(23(25)26)13-18(17)22-20(24)19(14-7-3-1-4-8-14)27-16-9-5-2-6-10-16/h1-13,19H,(H,22,24)/t19-/m1/s1. The highest BCUT2D eigenvalue weighted by molar-refractivity contribution is 8.00. The lowest BCUT2D eigenvalue weighted by atomic mass is 10.1. The average Bonchev–Trinajstić information content (AvgIpc) is 2.69. The number of carbonyl (C=O) groups excluding carboxylic acids is 1. The molecule has 0 radical (unpaired) electrons. The number of amides is 1. The summed E-state index contributed by atoms with van der Waals surface area (Å²) in [4.78, 5) is 24.0. The molecule has 0 spiro atoms. The van der Waals surface area contributed by atoms with Gasteiger partial charge in [0.25, 0.3) is 5.69 Å². The zero-order valence-electron chi connectivity index (χ0n) is 14.0. The largest absolute Gasteiger partial charge is 0.322 e. The van der Waals surface area contributed by atoms with Crippen LogP contribution in [0.1, 0.15) is 10.8 Å². The van der Waals surface area contributed by atoms with Crippen molar-refractivity contribution in [3.05, 3.63) is 100 Å². The van der Waals surface area contributed by atoms with Crippen LogP contribution >= 0.6 is 11.8 Å². The Hall–Kier alpha value is -3.19. The maximum Gasteiger partial charge on any atom is 0.271 e. The van der Waals surface area contributed by atoms with Crippen LogP contribution in [0.2, 0.25) is 0 Å². The molecule has 0 heterocycles. The molecule has 1 amide bonds. The molecule has 27 heavy (non-hydrogen) atoms. The lowest BCUT2D eigenvalue weighted by Crippen LogP contribution is -2.19. The van der Waals surface area contributed by atoms with E-state index in [0.29, 0.717) is 0 Å². The van der Waals surface area contributed by atoms with Gasteiger partial charge in [-0.1, -0.05) is 48.5 Å². The Morgan fingerprint density at radius 1 is 1.00 bits per heavy atom. The van der Waals surface area contributed by atoms with E-state index < -0.39 is 21.9 Å². The number of nitro benzene ring substituents is 1. The molecule has 5 nitrogen and oxygen atoms in total. The third-order valence-electron chi connectivity index (χ3n) is 3.76. The van der Waals surface area contributed by atoms with Gasteiger partial charge in [-0.05, 0) is 23.8 Å². The monoisotopic (exact) mass is 382 g/mol. The number of non-ortho nitro benzene ring substituents is 1. The topological polar surface area (TPSA) is 72.2 Å². The van der Waals surface area contributed by atoms with Gasteiger partial charge in [-0.15, -0.1) is 11.8 Å². The quantitative estimate of drug-likeness (QED) is 0.361. The Balaban J connectivity index is 1.89. The molecule has 0 aliphatic rings. The number of thioether (sulfide) groups is 1. The SMILES string of the molecule is O=C(Nc1cc([N+](=O)[O-])ccc1F)[C@H](Sc1ccccc1)c1ccccc1. The van der Waals surface area contributed by atoms with Gasteiger partial charge in [0.05, 0.1) is 10.6 Å². The van der Waals surface area contributed by atoms with Gasteiger partial charge in [0.15, 0.2) is 0 Å². The fourth-order valence-electron chi connectivity index (χ4n) is 2.46. The van der Waals surface area contributed by atoms with Gasteiger partial charge in [-0.2, -0.15) is 0 Å². The molecule has 1 N–H and O–H groups in total. The van der Waals surface area contributed by atoms with Crippen molar-refractivity contribution >= 4 is 29.0 Å². The van der Waals surface area contributed by atoms with Gasteiger partial charge in [0.2, 0.25) is 5.91 Å². The Kier molecular flexibility index (Phi) is 5.83. The van der Waals surface area contributed by atoms with E-state index in [1.54, 1.807) is 0 Å². The predicted octanol–water partition coefficient (Wildman–Crippen LogP) is 5.21. The number of nitrogens with one attached hydrogen (secondary N) is 1. The highest BCUT2D eigenvalue weighted by Crippen LogP contribution is 2.36. The second-order valence-electron chi connectivity index (χ2n) is 5.63. The van der Waals surface area contributed by atoms with Crippen molar-refractivity contribution in [2.24, 2.45) is 0 Å². The number of hydrogen-bond acceptors (Lipinski definition) is 4. The molecule has 3 aromatic carbocycles. The zero-order chi connectivity index (χ0) is 19.2. The molecule has 0 aromatic heterocycles. The van der Waals surface area contributed by atoms with E-state index in [1.807, 2.05) is 60.7 Å². The summed E-state index contributed by atoms with van der Waals surface area (Å²) >= 11 is 1.32. The lowest BCUT2D eigenvalue weighted by molar-refractivity contribution is -0.384. The first-order valence-corrected chi connectivity index (χ1v) is 8.94. The molecule has 0 bridgehead atoms. The van der Waals surface area contributed by atoms with E-state index in [2.05, 4.69) is 5.32 Å². The Bertz CT molecular complexity index is 952. The van der Waals surface area contributed by atoms with Crippen LogP contribution in [0.5, 0.6) is 0 Å². The summed E-state index contributed by atoms with van der Waals surface area (Å²) < 4.78 is 14.0. The van der Waals surface area contributed by atoms with Gasteiger partial charge < -0.3 is 5.32 Å². The predicted molar refractivity (Wildman–Crippen MR) is 103 cm³/mol. The summed E-state index contributed by atoms with van der Waals surface area (Å²) in [5.41, 5.74) is 0.233. The van der Waals surface area contributed by atoms with E-state index in [4.69, 9.17) is 0 Å². The number of hydrogen-bond donors (Lipinski definition) is 1. The van der Waals surface area contributed by atoms with Crippen LogP contribution in [0.25, 0.3) is 0 Å². The molecule has 3 rings (SSSR count). The fraction of sp³-hybridized carbons (Fsp3) is 0.0500. The minimum absolute atomic E-state index is 0.219. The smallest absolute Gasteiger partial charge is 0.271 e. The molecule has 0 saturated carbocycles. The van der Waals surface area contributed by atoms with E-state index in [0.717, 1.165) is 28.7 Å². The number of nitro groups is 1. The third-order valence-corrected chi connectivity index (χ3v) is 5.02. The first kappa shape index (κ1) is 18.6. The Labute approximate surface area is 159 Å². The fourth-order valence-corrected chi connectivity index (χ4v) is 3.50. The third kappa shape index (κ3) is 4.71. The number of halogens is 1. The number of benzene rings is 3. The van der Waals surface area contributed by atoms with Crippen LogP contribution < -0.4 is 5.32 Å². The summed E-state index contributed by atoms with van der Waals surface area (Å²) in [6.45, 7) is 0. The lowest BCUT2D eigenvalue weighted by Gasteiger charge is -2.17. The second-order valence-corrected chi connectivity index (χ2v) is 6.81. The molecular weight excluding hydrogens is 367 g/mol. The van der Waals surface area contributed by atoms with Gasteiger partial charge in [0.1, 0.15) is 11.1 Å². The summed E-state index contributed by atoms with van der Waals surface area (Å²) in [5.74, 6) is -1.19. The van der Waals surface area contributed by atoms with E-state index >= 15 is 0 Å². The number of nitrogens with zero attached hydrogens (tertiary/aromatic N) is 1. The Morgan fingerprint density at radius 2 is 1.63 bits per heavy atom. The minimum atomic E-state index is -0.731. The number of carbonyl (C=O) groups is 1. The van der Waals surface area contributed by atoms with Gasteiger partial charge >= 0.3 is 0 Å². The van der Waals surface area contributed by atoms with Gasteiger partial charge in [0, 0.05) is 17.0 Å². The van der Waals surface area contributed by atoms with Crippen molar-refractivity contribution in [3.8, 4) is 0 Å². The van der Waals surface area contributed by atoms with Crippen LogP contribution in [0.15, 0.2) is 83.8 Å². The Morgan fingerprint density at radius 3 is 2.26 bits per heavy atom. The molecule has 0 aliphatic carbocycles. The maximum atomic E-state index is 14.0. The van der Waals surface area contributed by atoms with Crippen molar-refractivity contribution in [1.29, 1.82) is 0 Å². The first-order valence-electron chi connectivity index (χ1n) is 8.06. The van der Waals surface area contributed by atoms with Crippen molar-refractivity contribution in [3.63, 3.8) is 0 Å². The second kappa shape index (κ2) is 8.46. The van der Waals surface area contributed by atoms with Crippen LogP contribution in [0.3, 0.4) is 0 Å². The molecule has 0 saturated heterocycles. The van der Waals surface area contributed by atoms with E-state index in [9.17, 15) is 19.3 Å². The normalized spacial score (nSPS) is 11.6. The van der Waals surface area contributed by atoms with Crippen molar-refractivity contribution in [1.82, 2.24) is 0 Å². The van der Waals surface area contributed by atoms with Gasteiger partial charge in [-0.25, -0.2) is 4.39 Å². The summed E-state index contributed by atoms with van der Waals surface area (Å²) in [6, 6.07) is 21.5. The van der Waals surface area contributed by atoms with Gasteiger partial charge in [-0.3, -0.25) is 14.9 Å². The molecule has 136 valence electrons. The first-order chi connectivity index (χ1) is 13.0. The maximum absolute atomic E-state index is 14.0. The highest BCUT2D eigenvalue weighted by atomic mass is 32.2. The molecular formula is C20H15FN2O3S. The molecule has 3 aromatic rings.